The summed E-state index contributed by atoms with van der Waals surface area (Å²) in [5, 5.41) is 4.11. The van der Waals surface area contributed by atoms with Crippen LogP contribution in [0.2, 0.25) is 0 Å². The van der Waals surface area contributed by atoms with E-state index in [1.54, 1.807) is 24.5 Å². The zero-order chi connectivity index (χ0) is 19.8. The quantitative estimate of drug-likeness (QED) is 0.676. The molecule has 0 saturated carbocycles. The maximum Gasteiger partial charge on any atom is 0.230 e. The Kier molecular flexibility index (Phi) is 4.58. The molecular formula is C22H21FN4O2. The van der Waals surface area contributed by atoms with Crippen molar-refractivity contribution in [3.8, 4) is 11.4 Å². The number of carbonyl (C=O) groups excluding carboxylic acids is 1. The van der Waals surface area contributed by atoms with Crippen molar-refractivity contribution in [1.82, 2.24) is 20.0 Å². The lowest BCUT2D eigenvalue weighted by Crippen LogP contribution is -2.46. The third kappa shape index (κ3) is 3.52. The summed E-state index contributed by atoms with van der Waals surface area (Å²) in [6.07, 6.45) is 7.27. The van der Waals surface area contributed by atoms with Gasteiger partial charge < -0.3 is 9.42 Å². The van der Waals surface area contributed by atoms with Crippen LogP contribution in [0.25, 0.3) is 11.4 Å². The first-order valence-electron chi connectivity index (χ1n) is 9.97. The summed E-state index contributed by atoms with van der Waals surface area (Å²) in [6, 6.07) is 10.4. The molecule has 2 bridgehead atoms. The third-order valence-corrected chi connectivity index (χ3v) is 5.98. The molecule has 3 aromatic rings. The largest absolute Gasteiger partial charge is 0.339 e. The van der Waals surface area contributed by atoms with Crippen molar-refractivity contribution < 1.29 is 13.7 Å². The SMILES string of the molecule is O=C(Cc1cccc(F)c1)N1[C@@H]2CC[C@H]1CC(c1nc(-c3cccnc3)no1)C2. The molecule has 1 unspecified atom stereocenters. The summed E-state index contributed by atoms with van der Waals surface area (Å²) in [4.78, 5) is 23.6. The zero-order valence-corrected chi connectivity index (χ0v) is 15.9. The van der Waals surface area contributed by atoms with Gasteiger partial charge in [-0.15, -0.1) is 0 Å². The third-order valence-electron chi connectivity index (χ3n) is 5.98. The number of fused-ring (bicyclic) bond motifs is 2. The standard InChI is InChI=1S/C22H21FN4O2/c23-17-5-1-3-14(9-17)10-20(28)27-18-6-7-19(27)12-16(11-18)22-25-21(26-29-22)15-4-2-8-24-13-15/h1-5,8-9,13,16,18-19H,6-7,10-12H2/t16?,18-,19+. The van der Waals surface area contributed by atoms with Gasteiger partial charge in [-0.3, -0.25) is 9.78 Å². The molecule has 4 heterocycles. The second kappa shape index (κ2) is 7.39. The van der Waals surface area contributed by atoms with E-state index in [0.717, 1.165) is 36.8 Å². The van der Waals surface area contributed by atoms with Crippen molar-refractivity contribution in [2.45, 2.75) is 50.1 Å². The Morgan fingerprint density at radius 3 is 2.72 bits per heavy atom. The van der Waals surface area contributed by atoms with Crippen molar-refractivity contribution in [1.29, 1.82) is 0 Å². The number of halogens is 1. The van der Waals surface area contributed by atoms with Gasteiger partial charge in [0.1, 0.15) is 5.82 Å². The van der Waals surface area contributed by atoms with Crippen LogP contribution in [0.5, 0.6) is 0 Å². The number of amides is 1. The van der Waals surface area contributed by atoms with Crippen LogP contribution in [0, 0.1) is 5.82 Å². The molecule has 0 radical (unpaired) electrons. The molecule has 2 aromatic heterocycles. The molecule has 2 aliphatic heterocycles. The Morgan fingerprint density at radius 1 is 1.17 bits per heavy atom. The number of hydrogen-bond donors (Lipinski definition) is 0. The lowest BCUT2D eigenvalue weighted by Gasteiger charge is -2.38. The highest BCUT2D eigenvalue weighted by molar-refractivity contribution is 5.80. The van der Waals surface area contributed by atoms with Crippen LogP contribution < -0.4 is 0 Å². The average Bonchev–Trinajstić information content (AvgIpc) is 3.32. The predicted octanol–water partition coefficient (Wildman–Crippen LogP) is 3.75. The molecule has 29 heavy (non-hydrogen) atoms. The molecular weight excluding hydrogens is 371 g/mol. The van der Waals surface area contributed by atoms with E-state index >= 15 is 0 Å². The summed E-state index contributed by atoms with van der Waals surface area (Å²) in [5.41, 5.74) is 1.54. The molecule has 1 aromatic carbocycles. The van der Waals surface area contributed by atoms with E-state index < -0.39 is 0 Å². The molecule has 148 valence electrons. The summed E-state index contributed by atoms with van der Waals surface area (Å²) >= 11 is 0. The number of pyridine rings is 1. The molecule has 2 fully saturated rings. The Morgan fingerprint density at radius 2 is 2.00 bits per heavy atom. The van der Waals surface area contributed by atoms with Crippen LogP contribution in [-0.2, 0) is 11.2 Å². The molecule has 2 saturated heterocycles. The smallest absolute Gasteiger partial charge is 0.230 e. The minimum absolute atomic E-state index is 0.0723. The van der Waals surface area contributed by atoms with Gasteiger partial charge in [0.05, 0.1) is 6.42 Å². The van der Waals surface area contributed by atoms with Gasteiger partial charge in [-0.25, -0.2) is 4.39 Å². The summed E-state index contributed by atoms with van der Waals surface area (Å²) < 4.78 is 19.0. The van der Waals surface area contributed by atoms with Crippen molar-refractivity contribution in [3.05, 3.63) is 66.1 Å². The maximum atomic E-state index is 13.4. The zero-order valence-electron chi connectivity index (χ0n) is 15.9. The summed E-state index contributed by atoms with van der Waals surface area (Å²) in [7, 11) is 0. The summed E-state index contributed by atoms with van der Waals surface area (Å²) in [5.74, 6) is 1.10. The highest BCUT2D eigenvalue weighted by Crippen LogP contribution is 2.43. The maximum absolute atomic E-state index is 13.4. The van der Waals surface area contributed by atoms with Gasteiger partial charge in [0.25, 0.3) is 0 Å². The van der Waals surface area contributed by atoms with Crippen molar-refractivity contribution >= 4 is 5.91 Å². The highest BCUT2D eigenvalue weighted by Gasteiger charge is 2.44. The minimum atomic E-state index is -0.308. The Labute approximate surface area is 167 Å². The van der Waals surface area contributed by atoms with Crippen LogP contribution in [0.4, 0.5) is 4.39 Å². The van der Waals surface area contributed by atoms with Gasteiger partial charge in [-0.1, -0.05) is 17.3 Å². The van der Waals surface area contributed by atoms with E-state index in [-0.39, 0.29) is 36.1 Å². The topological polar surface area (TPSA) is 72.1 Å². The van der Waals surface area contributed by atoms with E-state index in [9.17, 15) is 9.18 Å². The van der Waals surface area contributed by atoms with Crippen molar-refractivity contribution in [3.63, 3.8) is 0 Å². The second-order valence-electron chi connectivity index (χ2n) is 7.86. The minimum Gasteiger partial charge on any atom is -0.339 e. The molecule has 6 nitrogen and oxygen atoms in total. The molecule has 0 aliphatic carbocycles. The Bertz CT molecular complexity index is 1010. The number of carbonyl (C=O) groups is 1. The van der Waals surface area contributed by atoms with Crippen molar-refractivity contribution in [2.24, 2.45) is 0 Å². The fraction of sp³-hybridized carbons (Fsp3) is 0.364. The van der Waals surface area contributed by atoms with Gasteiger partial charge in [-0.05, 0) is 55.5 Å². The molecule has 7 heteroatoms. The van der Waals surface area contributed by atoms with Crippen LogP contribution in [0.15, 0.2) is 53.3 Å². The van der Waals surface area contributed by atoms with Gasteiger partial charge in [0.2, 0.25) is 17.6 Å². The van der Waals surface area contributed by atoms with Crippen LogP contribution in [-0.4, -0.2) is 38.0 Å². The van der Waals surface area contributed by atoms with Crippen molar-refractivity contribution in [2.75, 3.05) is 0 Å². The van der Waals surface area contributed by atoms with Crippen LogP contribution >= 0.6 is 0 Å². The first-order chi connectivity index (χ1) is 14.2. The fourth-order valence-electron chi connectivity index (χ4n) is 4.71. The van der Waals surface area contributed by atoms with Crippen LogP contribution in [0.3, 0.4) is 0 Å². The van der Waals surface area contributed by atoms with E-state index in [2.05, 4.69) is 15.1 Å². The fourth-order valence-corrected chi connectivity index (χ4v) is 4.71. The van der Waals surface area contributed by atoms with Crippen LogP contribution in [0.1, 0.15) is 43.1 Å². The van der Waals surface area contributed by atoms with Gasteiger partial charge in [0, 0.05) is 36.0 Å². The van der Waals surface area contributed by atoms with Gasteiger partial charge in [0.15, 0.2) is 0 Å². The second-order valence-corrected chi connectivity index (χ2v) is 7.86. The Hall–Kier alpha value is -3.09. The average molecular weight is 392 g/mol. The van der Waals surface area contributed by atoms with Gasteiger partial charge >= 0.3 is 0 Å². The first kappa shape index (κ1) is 18.0. The lowest BCUT2D eigenvalue weighted by atomic mass is 9.90. The van der Waals surface area contributed by atoms with E-state index in [4.69, 9.17) is 4.52 Å². The number of benzene rings is 1. The molecule has 3 atom stereocenters. The first-order valence-corrected chi connectivity index (χ1v) is 9.97. The Balaban J connectivity index is 1.29. The predicted molar refractivity (Wildman–Crippen MR) is 103 cm³/mol. The summed E-state index contributed by atoms with van der Waals surface area (Å²) in [6.45, 7) is 0. The monoisotopic (exact) mass is 392 g/mol. The van der Waals surface area contributed by atoms with Gasteiger partial charge in [-0.2, -0.15) is 4.98 Å². The number of hydrogen-bond acceptors (Lipinski definition) is 5. The number of rotatable bonds is 4. The molecule has 2 aliphatic rings. The number of nitrogens with zero attached hydrogens (tertiary/aromatic N) is 4. The molecule has 0 spiro atoms. The molecule has 5 rings (SSSR count). The van der Waals surface area contributed by atoms with E-state index in [0.29, 0.717) is 11.7 Å². The highest BCUT2D eigenvalue weighted by atomic mass is 19.1. The number of piperidine rings is 1. The number of aromatic nitrogens is 3. The van der Waals surface area contributed by atoms with E-state index in [1.807, 2.05) is 17.0 Å². The molecule has 1 amide bonds. The molecule has 0 N–H and O–H groups in total. The normalized spacial score (nSPS) is 23.3. The lowest BCUT2D eigenvalue weighted by molar-refractivity contribution is -0.135. The van der Waals surface area contributed by atoms with E-state index in [1.165, 1.54) is 12.1 Å².